The maximum atomic E-state index is 5.62. The van der Waals surface area contributed by atoms with Crippen molar-refractivity contribution < 1.29 is 14.2 Å². The third-order valence-corrected chi connectivity index (χ3v) is 5.20. The number of hydrogen-bond acceptors (Lipinski definition) is 5. The van der Waals surface area contributed by atoms with Gasteiger partial charge in [0.2, 0.25) is 5.95 Å². The average Bonchev–Trinajstić information content (AvgIpc) is 3.10. The van der Waals surface area contributed by atoms with Gasteiger partial charge in [-0.2, -0.15) is 0 Å². The number of nitrogens with zero attached hydrogens (tertiary/aromatic N) is 3. The number of hydrogen-bond donors (Lipinski definition) is 0. The van der Waals surface area contributed by atoms with Gasteiger partial charge in [0.1, 0.15) is 6.79 Å². The number of aromatic nitrogens is 2. The number of ether oxygens (including phenoxy) is 3. The van der Waals surface area contributed by atoms with Gasteiger partial charge in [0.05, 0.1) is 24.2 Å². The van der Waals surface area contributed by atoms with Gasteiger partial charge < -0.3 is 23.7 Å². The topological polar surface area (TPSA) is 48.8 Å². The largest absolute Gasteiger partial charge is 0.383 e. The summed E-state index contributed by atoms with van der Waals surface area (Å²) in [7, 11) is 3.38. The first-order chi connectivity index (χ1) is 13.8. The summed E-state index contributed by atoms with van der Waals surface area (Å²) >= 11 is 0. The lowest BCUT2D eigenvalue weighted by Gasteiger charge is -2.32. The van der Waals surface area contributed by atoms with E-state index >= 15 is 0 Å². The summed E-state index contributed by atoms with van der Waals surface area (Å²) in [6.45, 7) is 3.24. The van der Waals surface area contributed by atoms with Crippen LogP contribution in [0.4, 0.5) is 11.6 Å². The highest BCUT2D eigenvalue weighted by Gasteiger charge is 2.25. The Hall–Kier alpha value is -2.41. The zero-order chi connectivity index (χ0) is 19.3. The second-order valence-corrected chi connectivity index (χ2v) is 6.97. The number of anilines is 2. The summed E-state index contributed by atoms with van der Waals surface area (Å²) in [4.78, 5) is 7.32. The van der Waals surface area contributed by atoms with Gasteiger partial charge in [-0.25, -0.2) is 4.98 Å². The molecule has 1 aliphatic rings. The number of benzene rings is 2. The van der Waals surface area contributed by atoms with Crippen LogP contribution in [0.3, 0.4) is 0 Å². The Morgan fingerprint density at radius 3 is 2.79 bits per heavy atom. The Balaban J connectivity index is 1.74. The minimum Gasteiger partial charge on any atom is -0.383 e. The maximum Gasteiger partial charge on any atom is 0.211 e. The lowest BCUT2D eigenvalue weighted by Crippen LogP contribution is -2.28. The van der Waals surface area contributed by atoms with E-state index in [0.29, 0.717) is 20.0 Å². The predicted octanol–water partition coefficient (Wildman–Crippen LogP) is 3.89. The fourth-order valence-electron chi connectivity index (χ4n) is 3.95. The van der Waals surface area contributed by atoms with E-state index in [0.717, 1.165) is 42.9 Å². The van der Waals surface area contributed by atoms with E-state index in [1.165, 1.54) is 16.8 Å². The molecule has 1 aromatic heterocycles. The van der Waals surface area contributed by atoms with Gasteiger partial charge in [0.25, 0.3) is 0 Å². The minimum atomic E-state index is 0.306. The molecule has 3 aromatic rings. The number of methoxy groups -OCH3 is 2. The zero-order valence-corrected chi connectivity index (χ0v) is 16.6. The van der Waals surface area contributed by atoms with Crippen molar-refractivity contribution in [1.82, 2.24) is 9.55 Å². The third kappa shape index (κ3) is 3.63. The van der Waals surface area contributed by atoms with Gasteiger partial charge in [-0.05, 0) is 42.2 Å². The highest BCUT2D eigenvalue weighted by atomic mass is 16.7. The van der Waals surface area contributed by atoms with Crippen LogP contribution in [0.15, 0.2) is 42.5 Å². The fourth-order valence-corrected chi connectivity index (χ4v) is 3.95. The van der Waals surface area contributed by atoms with Gasteiger partial charge >= 0.3 is 0 Å². The van der Waals surface area contributed by atoms with E-state index in [-0.39, 0.29) is 0 Å². The molecule has 0 aliphatic carbocycles. The van der Waals surface area contributed by atoms with Crippen LogP contribution in [0.2, 0.25) is 0 Å². The van der Waals surface area contributed by atoms with Crippen LogP contribution < -0.4 is 4.90 Å². The second kappa shape index (κ2) is 8.73. The lowest BCUT2D eigenvalue weighted by atomic mass is 9.97. The number of rotatable bonds is 8. The molecule has 0 saturated carbocycles. The highest BCUT2D eigenvalue weighted by molar-refractivity contribution is 5.81. The Morgan fingerprint density at radius 2 is 1.93 bits per heavy atom. The molecule has 0 amide bonds. The van der Waals surface area contributed by atoms with Crippen molar-refractivity contribution in [3.8, 4) is 0 Å². The zero-order valence-electron chi connectivity index (χ0n) is 16.6. The molecule has 0 bridgehead atoms. The van der Waals surface area contributed by atoms with Crippen molar-refractivity contribution in [3.63, 3.8) is 0 Å². The van der Waals surface area contributed by atoms with Gasteiger partial charge in [0, 0.05) is 33.0 Å². The smallest absolute Gasteiger partial charge is 0.211 e. The first kappa shape index (κ1) is 18.9. The van der Waals surface area contributed by atoms with Gasteiger partial charge in [0.15, 0.2) is 0 Å². The summed E-state index contributed by atoms with van der Waals surface area (Å²) in [6.07, 6.45) is 2.14. The third-order valence-electron chi connectivity index (χ3n) is 5.20. The molecule has 6 heteroatoms. The Kier molecular flexibility index (Phi) is 5.90. The van der Waals surface area contributed by atoms with Crippen molar-refractivity contribution in [1.29, 1.82) is 0 Å². The summed E-state index contributed by atoms with van der Waals surface area (Å²) in [6, 6.07) is 14.7. The van der Waals surface area contributed by atoms with E-state index in [2.05, 4.69) is 45.9 Å². The van der Waals surface area contributed by atoms with Gasteiger partial charge in [-0.3, -0.25) is 0 Å². The maximum absolute atomic E-state index is 5.62. The van der Waals surface area contributed by atoms with Crippen molar-refractivity contribution in [2.75, 3.05) is 39.1 Å². The number of para-hydroxylation sites is 2. The van der Waals surface area contributed by atoms with Crippen molar-refractivity contribution in [3.05, 3.63) is 53.6 Å². The van der Waals surface area contributed by atoms with Crippen LogP contribution in [0.5, 0.6) is 0 Å². The van der Waals surface area contributed by atoms with E-state index in [4.69, 9.17) is 19.2 Å². The summed E-state index contributed by atoms with van der Waals surface area (Å²) in [5, 5.41) is 0. The van der Waals surface area contributed by atoms with Crippen LogP contribution in [0, 0.1) is 0 Å². The van der Waals surface area contributed by atoms with E-state index in [1.807, 2.05) is 6.07 Å². The summed E-state index contributed by atoms with van der Waals surface area (Å²) in [5.74, 6) is 0.981. The first-order valence-corrected chi connectivity index (χ1v) is 9.72. The van der Waals surface area contributed by atoms with E-state index in [1.54, 1.807) is 14.2 Å². The quantitative estimate of drug-likeness (QED) is 0.438. The Bertz CT molecular complexity index is 938. The molecule has 0 atom stereocenters. The second-order valence-electron chi connectivity index (χ2n) is 6.97. The summed E-state index contributed by atoms with van der Waals surface area (Å²) in [5.41, 5.74) is 5.94. The van der Waals surface area contributed by atoms with Gasteiger partial charge in [-0.15, -0.1) is 0 Å². The lowest BCUT2D eigenvalue weighted by molar-refractivity contribution is -0.0392. The van der Waals surface area contributed by atoms with Crippen LogP contribution in [-0.2, 0) is 33.8 Å². The Labute approximate surface area is 165 Å². The molecule has 2 heterocycles. The van der Waals surface area contributed by atoms with Crippen molar-refractivity contribution in [2.45, 2.75) is 26.0 Å². The number of fused-ring (bicyclic) bond motifs is 2. The molecule has 0 spiro atoms. The van der Waals surface area contributed by atoms with Crippen molar-refractivity contribution >= 4 is 22.7 Å². The van der Waals surface area contributed by atoms with Crippen LogP contribution in [0.1, 0.15) is 17.5 Å². The fraction of sp³-hybridized carbons (Fsp3) is 0.409. The van der Waals surface area contributed by atoms with Crippen LogP contribution in [-0.4, -0.2) is 43.7 Å². The van der Waals surface area contributed by atoms with E-state index < -0.39 is 0 Å². The molecule has 148 valence electrons. The average molecular weight is 381 g/mol. The summed E-state index contributed by atoms with van der Waals surface area (Å²) < 4.78 is 18.3. The van der Waals surface area contributed by atoms with E-state index in [9.17, 15) is 0 Å². The van der Waals surface area contributed by atoms with Gasteiger partial charge in [-0.1, -0.05) is 24.3 Å². The molecule has 0 fully saturated rings. The number of imidazole rings is 1. The molecule has 0 radical (unpaired) electrons. The molecule has 28 heavy (non-hydrogen) atoms. The SMILES string of the molecule is COCCn1c(N2CCCc3c(COCOC)cccc32)nc2ccccc21. The van der Waals surface area contributed by atoms with Crippen LogP contribution in [0.25, 0.3) is 11.0 Å². The Morgan fingerprint density at radius 1 is 1.04 bits per heavy atom. The monoisotopic (exact) mass is 381 g/mol. The molecule has 0 unspecified atom stereocenters. The predicted molar refractivity (Wildman–Crippen MR) is 110 cm³/mol. The van der Waals surface area contributed by atoms with Crippen molar-refractivity contribution in [2.24, 2.45) is 0 Å². The molecular formula is C22H27N3O3. The van der Waals surface area contributed by atoms with Crippen LogP contribution >= 0.6 is 0 Å². The molecule has 0 N–H and O–H groups in total. The molecule has 4 rings (SSSR count). The molecule has 0 saturated heterocycles. The first-order valence-electron chi connectivity index (χ1n) is 9.72. The molecule has 1 aliphatic heterocycles. The normalized spacial score (nSPS) is 13.9. The molecule has 2 aromatic carbocycles. The molecular weight excluding hydrogens is 354 g/mol. The highest BCUT2D eigenvalue weighted by Crippen LogP contribution is 2.36. The molecule has 6 nitrogen and oxygen atoms in total. The standard InChI is InChI=1S/C22H27N3O3/c1-26-14-13-25-21-10-4-3-9-19(21)23-22(25)24-12-6-8-18-17(15-28-16-27-2)7-5-11-20(18)24/h3-5,7,9-11H,6,8,12-16H2,1-2H3. The minimum absolute atomic E-state index is 0.306.